The Hall–Kier alpha value is -0.380. The molecule has 94 valence electrons. The van der Waals surface area contributed by atoms with E-state index in [0.717, 1.165) is 58.4 Å². The molecular weight excluding hydrogens is 202 g/mol. The number of hydrogen-bond acceptors (Lipinski definition) is 3. The van der Waals surface area contributed by atoms with Crippen molar-refractivity contribution in [2.24, 2.45) is 5.92 Å². The Morgan fingerprint density at radius 3 is 2.69 bits per heavy atom. The summed E-state index contributed by atoms with van der Waals surface area (Å²) in [5.74, 6) is 0.740. The Kier molecular flexibility index (Phi) is 7.47. The van der Waals surface area contributed by atoms with E-state index in [1.54, 1.807) is 0 Å². The molecule has 1 aliphatic rings. The van der Waals surface area contributed by atoms with Gasteiger partial charge in [0.2, 0.25) is 0 Å². The predicted molar refractivity (Wildman–Crippen MR) is 66.7 cm³/mol. The molecule has 0 unspecified atom stereocenters. The van der Waals surface area contributed by atoms with Gasteiger partial charge in [-0.25, -0.2) is 0 Å². The van der Waals surface area contributed by atoms with Crippen LogP contribution in [0, 0.1) is 5.92 Å². The minimum absolute atomic E-state index is 0.740. The smallest absolute Gasteiger partial charge is 0.0648 e. The second kappa shape index (κ2) is 8.74. The van der Waals surface area contributed by atoms with Crippen molar-refractivity contribution < 1.29 is 9.47 Å². The first-order chi connectivity index (χ1) is 7.79. The Morgan fingerprint density at radius 1 is 1.25 bits per heavy atom. The Labute approximate surface area is 99.4 Å². The van der Waals surface area contributed by atoms with Crippen LogP contribution in [0.1, 0.15) is 20.3 Å². The lowest BCUT2D eigenvalue weighted by atomic mass is 10.1. The first kappa shape index (κ1) is 13.7. The van der Waals surface area contributed by atoms with E-state index in [0.29, 0.717) is 0 Å². The van der Waals surface area contributed by atoms with Gasteiger partial charge in [-0.2, -0.15) is 0 Å². The average molecular weight is 227 g/mol. The lowest BCUT2D eigenvalue weighted by Crippen LogP contribution is -2.38. The number of allylic oxidation sites excluding steroid dienone is 1. The Balaban J connectivity index is 1.89. The van der Waals surface area contributed by atoms with Gasteiger partial charge in [0.15, 0.2) is 0 Å². The van der Waals surface area contributed by atoms with E-state index < -0.39 is 0 Å². The first-order valence-electron chi connectivity index (χ1n) is 6.32. The number of rotatable bonds is 7. The summed E-state index contributed by atoms with van der Waals surface area (Å²) in [6.07, 6.45) is 5.48. The van der Waals surface area contributed by atoms with Crippen LogP contribution in [-0.4, -0.2) is 51.0 Å². The van der Waals surface area contributed by atoms with Gasteiger partial charge in [-0.1, -0.05) is 26.0 Å². The predicted octanol–water partition coefficient (Wildman–Crippen LogP) is 1.94. The molecule has 0 aliphatic carbocycles. The fourth-order valence-electron chi connectivity index (χ4n) is 1.61. The van der Waals surface area contributed by atoms with Gasteiger partial charge in [0, 0.05) is 19.6 Å². The highest BCUT2D eigenvalue weighted by Gasteiger charge is 2.08. The van der Waals surface area contributed by atoms with Crippen molar-refractivity contribution in [2.45, 2.75) is 20.3 Å². The molecule has 1 fully saturated rings. The summed E-state index contributed by atoms with van der Waals surface area (Å²) in [6, 6.07) is 0. The van der Waals surface area contributed by atoms with Gasteiger partial charge in [-0.05, 0) is 12.3 Å². The van der Waals surface area contributed by atoms with Crippen LogP contribution >= 0.6 is 0 Å². The normalized spacial score (nSPS) is 18.7. The molecule has 0 aromatic rings. The Bertz CT molecular complexity index is 186. The fourth-order valence-corrected chi connectivity index (χ4v) is 1.61. The molecule has 1 aliphatic heterocycles. The van der Waals surface area contributed by atoms with Gasteiger partial charge in [0.1, 0.15) is 0 Å². The Morgan fingerprint density at radius 2 is 2.00 bits per heavy atom. The number of ether oxygens (including phenoxy) is 2. The van der Waals surface area contributed by atoms with Gasteiger partial charge in [0.05, 0.1) is 26.4 Å². The molecule has 0 amide bonds. The lowest BCUT2D eigenvalue weighted by Gasteiger charge is -2.26. The molecule has 1 saturated heterocycles. The van der Waals surface area contributed by atoms with Crippen LogP contribution in [0.5, 0.6) is 0 Å². The van der Waals surface area contributed by atoms with Gasteiger partial charge in [-0.3, -0.25) is 4.90 Å². The molecule has 0 atom stereocenters. The SMILES string of the molecule is CC(C)C/C=C/COCCN1CCOCC1. The summed E-state index contributed by atoms with van der Waals surface area (Å²) in [6.45, 7) is 10.9. The standard InChI is InChI=1S/C13H25NO2/c1-13(2)5-3-4-9-15-10-6-14-7-11-16-12-8-14/h3-4,13H,5-12H2,1-2H3/b4-3+. The summed E-state index contributed by atoms with van der Waals surface area (Å²) >= 11 is 0. The monoisotopic (exact) mass is 227 g/mol. The minimum Gasteiger partial charge on any atom is -0.379 e. The van der Waals surface area contributed by atoms with Crippen molar-refractivity contribution in [3.05, 3.63) is 12.2 Å². The third kappa shape index (κ3) is 6.99. The van der Waals surface area contributed by atoms with Crippen LogP contribution in [0.25, 0.3) is 0 Å². The largest absolute Gasteiger partial charge is 0.379 e. The van der Waals surface area contributed by atoms with Gasteiger partial charge >= 0.3 is 0 Å². The van der Waals surface area contributed by atoms with E-state index in [9.17, 15) is 0 Å². The molecule has 0 radical (unpaired) electrons. The molecule has 0 aromatic carbocycles. The van der Waals surface area contributed by atoms with Crippen molar-refractivity contribution in [2.75, 3.05) is 46.1 Å². The molecule has 0 N–H and O–H groups in total. The molecule has 0 bridgehead atoms. The molecule has 3 nitrogen and oxygen atoms in total. The van der Waals surface area contributed by atoms with Crippen LogP contribution in [0.15, 0.2) is 12.2 Å². The summed E-state index contributed by atoms with van der Waals surface area (Å²) in [7, 11) is 0. The molecular formula is C13H25NO2. The van der Waals surface area contributed by atoms with Crippen LogP contribution in [0.2, 0.25) is 0 Å². The maximum Gasteiger partial charge on any atom is 0.0648 e. The maximum absolute atomic E-state index is 5.55. The second-order valence-corrected chi connectivity index (χ2v) is 4.63. The van der Waals surface area contributed by atoms with Crippen molar-refractivity contribution >= 4 is 0 Å². The number of morpholine rings is 1. The van der Waals surface area contributed by atoms with Gasteiger partial charge < -0.3 is 9.47 Å². The zero-order valence-corrected chi connectivity index (χ0v) is 10.7. The summed E-state index contributed by atoms with van der Waals surface area (Å²) in [4.78, 5) is 2.39. The molecule has 0 aromatic heterocycles. The van der Waals surface area contributed by atoms with Crippen LogP contribution in [-0.2, 0) is 9.47 Å². The zero-order valence-electron chi connectivity index (χ0n) is 10.7. The van der Waals surface area contributed by atoms with Crippen molar-refractivity contribution in [1.82, 2.24) is 4.90 Å². The highest BCUT2D eigenvalue weighted by molar-refractivity contribution is 4.82. The summed E-state index contributed by atoms with van der Waals surface area (Å²) in [5, 5.41) is 0. The van der Waals surface area contributed by atoms with Crippen molar-refractivity contribution in [3.8, 4) is 0 Å². The van der Waals surface area contributed by atoms with E-state index >= 15 is 0 Å². The van der Waals surface area contributed by atoms with Crippen LogP contribution in [0.3, 0.4) is 0 Å². The molecule has 1 rings (SSSR count). The average Bonchev–Trinajstić information content (AvgIpc) is 2.29. The van der Waals surface area contributed by atoms with E-state index in [4.69, 9.17) is 9.47 Å². The highest BCUT2D eigenvalue weighted by Crippen LogP contribution is 1.99. The van der Waals surface area contributed by atoms with E-state index in [-0.39, 0.29) is 0 Å². The zero-order chi connectivity index (χ0) is 11.6. The molecule has 0 spiro atoms. The molecule has 3 heteroatoms. The van der Waals surface area contributed by atoms with E-state index in [1.165, 1.54) is 0 Å². The van der Waals surface area contributed by atoms with Gasteiger partial charge in [-0.15, -0.1) is 0 Å². The van der Waals surface area contributed by atoms with Crippen molar-refractivity contribution in [3.63, 3.8) is 0 Å². The molecule has 1 heterocycles. The summed E-state index contributed by atoms with van der Waals surface area (Å²) in [5.41, 5.74) is 0. The number of hydrogen-bond donors (Lipinski definition) is 0. The minimum atomic E-state index is 0.740. The van der Waals surface area contributed by atoms with Crippen LogP contribution in [0.4, 0.5) is 0 Å². The fraction of sp³-hybridized carbons (Fsp3) is 0.846. The summed E-state index contributed by atoms with van der Waals surface area (Å²) < 4.78 is 10.8. The number of nitrogens with zero attached hydrogens (tertiary/aromatic N) is 1. The third-order valence-electron chi connectivity index (χ3n) is 2.64. The quantitative estimate of drug-likeness (QED) is 0.490. The topological polar surface area (TPSA) is 21.7 Å². The maximum atomic E-state index is 5.55. The second-order valence-electron chi connectivity index (χ2n) is 4.63. The molecule has 0 saturated carbocycles. The van der Waals surface area contributed by atoms with Gasteiger partial charge in [0.25, 0.3) is 0 Å². The third-order valence-corrected chi connectivity index (χ3v) is 2.64. The van der Waals surface area contributed by atoms with Crippen molar-refractivity contribution in [1.29, 1.82) is 0 Å². The van der Waals surface area contributed by atoms with E-state index in [1.807, 2.05) is 0 Å². The highest BCUT2D eigenvalue weighted by atomic mass is 16.5. The van der Waals surface area contributed by atoms with Crippen LogP contribution < -0.4 is 0 Å². The first-order valence-corrected chi connectivity index (χ1v) is 6.32. The van der Waals surface area contributed by atoms with E-state index in [2.05, 4.69) is 30.9 Å². The molecule has 16 heavy (non-hydrogen) atoms. The lowest BCUT2D eigenvalue weighted by molar-refractivity contribution is 0.0233.